The highest BCUT2D eigenvalue weighted by atomic mass is 16.5. The minimum absolute atomic E-state index is 0.00676. The zero-order valence-corrected chi connectivity index (χ0v) is 12.3. The van der Waals surface area contributed by atoms with Gasteiger partial charge in [0.1, 0.15) is 11.6 Å². The molecular formula is C14H24N2O4. The third-order valence-corrected chi connectivity index (χ3v) is 5.01. The number of nitrogens with one attached hydrogen (secondary N) is 1. The third-order valence-electron chi connectivity index (χ3n) is 5.01. The molecule has 0 spiro atoms. The number of hydrogen-bond acceptors (Lipinski definition) is 4. The van der Waals surface area contributed by atoms with Crippen LogP contribution >= 0.6 is 0 Å². The van der Waals surface area contributed by atoms with E-state index >= 15 is 0 Å². The molecule has 4 N–H and O–H groups in total. The summed E-state index contributed by atoms with van der Waals surface area (Å²) >= 11 is 0. The molecule has 1 aliphatic heterocycles. The van der Waals surface area contributed by atoms with Gasteiger partial charge in [0, 0.05) is 17.9 Å². The Morgan fingerprint density at radius 2 is 2.15 bits per heavy atom. The highest BCUT2D eigenvalue weighted by Gasteiger charge is 2.71. The van der Waals surface area contributed by atoms with E-state index in [1.165, 1.54) is 0 Å². The summed E-state index contributed by atoms with van der Waals surface area (Å²) in [5, 5.41) is 11.8. The van der Waals surface area contributed by atoms with Crippen LogP contribution in [0, 0.1) is 11.3 Å². The van der Waals surface area contributed by atoms with Crippen LogP contribution < -0.4 is 11.1 Å². The summed E-state index contributed by atoms with van der Waals surface area (Å²) < 4.78 is 5.64. The number of fused-ring (bicyclic) bond motifs is 1. The molecule has 0 aromatic heterocycles. The number of carbonyl (C=O) groups is 2. The Morgan fingerprint density at radius 3 is 2.70 bits per heavy atom. The normalized spacial score (nSPS) is 35.8. The molecule has 20 heavy (non-hydrogen) atoms. The number of carboxylic acids is 1. The van der Waals surface area contributed by atoms with Crippen LogP contribution in [-0.2, 0) is 14.3 Å². The number of rotatable bonds is 5. The molecule has 114 valence electrons. The van der Waals surface area contributed by atoms with Crippen LogP contribution in [0.15, 0.2) is 0 Å². The fraction of sp³-hybridized carbons (Fsp3) is 0.857. The summed E-state index contributed by atoms with van der Waals surface area (Å²) in [7, 11) is 0. The first kappa shape index (κ1) is 15.3. The minimum atomic E-state index is -1.05. The number of nitrogens with two attached hydrogens (primary N) is 1. The lowest BCUT2D eigenvalue weighted by Gasteiger charge is -2.60. The average molecular weight is 284 g/mol. The Morgan fingerprint density at radius 1 is 1.50 bits per heavy atom. The van der Waals surface area contributed by atoms with Crippen molar-refractivity contribution in [1.29, 1.82) is 0 Å². The fourth-order valence-corrected chi connectivity index (χ4v) is 3.67. The van der Waals surface area contributed by atoms with Gasteiger partial charge in [-0.15, -0.1) is 0 Å². The zero-order valence-electron chi connectivity index (χ0n) is 12.3. The molecule has 1 amide bonds. The summed E-state index contributed by atoms with van der Waals surface area (Å²) in [6.07, 6.45) is 1.84. The molecular weight excluding hydrogens is 260 g/mol. The second kappa shape index (κ2) is 5.00. The van der Waals surface area contributed by atoms with Gasteiger partial charge < -0.3 is 20.9 Å². The van der Waals surface area contributed by atoms with Gasteiger partial charge in [-0.25, -0.2) is 4.79 Å². The lowest BCUT2D eigenvalue weighted by Crippen LogP contribution is -2.80. The number of amides is 1. The molecule has 0 aromatic rings. The Kier molecular flexibility index (Phi) is 3.81. The van der Waals surface area contributed by atoms with Crippen molar-refractivity contribution in [3.63, 3.8) is 0 Å². The van der Waals surface area contributed by atoms with Crippen LogP contribution in [-0.4, -0.2) is 41.3 Å². The Bertz CT molecular complexity index is 423. The van der Waals surface area contributed by atoms with E-state index in [-0.39, 0.29) is 17.9 Å². The number of carboxylic acid groups (broad SMARTS) is 1. The Balaban J connectivity index is 2.13. The first-order chi connectivity index (χ1) is 9.26. The predicted molar refractivity (Wildman–Crippen MR) is 73.0 cm³/mol. The van der Waals surface area contributed by atoms with E-state index in [0.29, 0.717) is 19.4 Å². The quantitative estimate of drug-likeness (QED) is 0.682. The minimum Gasteiger partial charge on any atom is -0.480 e. The van der Waals surface area contributed by atoms with Gasteiger partial charge in [0.05, 0.1) is 6.10 Å². The lowest BCUT2D eigenvalue weighted by atomic mass is 9.48. The van der Waals surface area contributed by atoms with Crippen molar-refractivity contribution in [3.05, 3.63) is 0 Å². The fourth-order valence-electron chi connectivity index (χ4n) is 3.67. The standard InChI is InChI=1S/C14H24N2O4/c1-4-5-9(11(17)18)16-12(19)14(15)8-6-7-20-10(8)13(14,2)3/h8-10H,4-7,15H2,1-3H3,(H,16,19)(H,17,18)/t8?,9-,10?,14?/m1/s1. The lowest BCUT2D eigenvalue weighted by molar-refractivity contribution is -0.177. The van der Waals surface area contributed by atoms with Crippen molar-refractivity contribution in [2.75, 3.05) is 6.61 Å². The van der Waals surface area contributed by atoms with Gasteiger partial charge in [-0.1, -0.05) is 27.2 Å². The molecule has 6 nitrogen and oxygen atoms in total. The van der Waals surface area contributed by atoms with Gasteiger partial charge in [-0.05, 0) is 12.8 Å². The molecule has 1 heterocycles. The van der Waals surface area contributed by atoms with E-state index in [2.05, 4.69) is 5.32 Å². The highest BCUT2D eigenvalue weighted by Crippen LogP contribution is 2.58. The highest BCUT2D eigenvalue weighted by molar-refractivity contribution is 5.92. The first-order valence-corrected chi connectivity index (χ1v) is 7.21. The molecule has 0 bridgehead atoms. The SMILES string of the molecule is CCC[C@@H](NC(=O)C1(N)C2CCOC2C1(C)C)C(=O)O. The summed E-state index contributed by atoms with van der Waals surface area (Å²) in [6.45, 7) is 6.32. The first-order valence-electron chi connectivity index (χ1n) is 7.21. The van der Waals surface area contributed by atoms with E-state index in [1.54, 1.807) is 0 Å². The van der Waals surface area contributed by atoms with Crippen molar-refractivity contribution in [3.8, 4) is 0 Å². The second-order valence-corrected chi connectivity index (χ2v) is 6.43. The van der Waals surface area contributed by atoms with Crippen LogP contribution in [0.25, 0.3) is 0 Å². The molecule has 2 rings (SSSR count). The molecule has 1 saturated heterocycles. The van der Waals surface area contributed by atoms with Gasteiger partial charge in [0.15, 0.2) is 0 Å². The molecule has 0 radical (unpaired) electrons. The Hall–Kier alpha value is -1.14. The number of hydrogen-bond donors (Lipinski definition) is 3. The van der Waals surface area contributed by atoms with Gasteiger partial charge in [0.2, 0.25) is 5.91 Å². The number of carbonyl (C=O) groups excluding carboxylic acids is 1. The molecule has 6 heteroatoms. The maximum Gasteiger partial charge on any atom is 0.326 e. The predicted octanol–water partition coefficient (Wildman–Crippen LogP) is 0.498. The van der Waals surface area contributed by atoms with Gasteiger partial charge in [-0.3, -0.25) is 4.79 Å². The smallest absolute Gasteiger partial charge is 0.326 e. The van der Waals surface area contributed by atoms with E-state index < -0.39 is 23.0 Å². The van der Waals surface area contributed by atoms with Crippen molar-refractivity contribution in [2.24, 2.45) is 17.1 Å². The summed E-state index contributed by atoms with van der Waals surface area (Å²) in [5.74, 6) is -1.40. The maximum atomic E-state index is 12.5. The molecule has 3 unspecified atom stereocenters. The van der Waals surface area contributed by atoms with Crippen molar-refractivity contribution < 1.29 is 19.4 Å². The van der Waals surface area contributed by atoms with E-state index in [0.717, 1.165) is 6.42 Å². The van der Waals surface area contributed by atoms with Gasteiger partial charge in [0.25, 0.3) is 0 Å². The summed E-state index contributed by atoms with van der Waals surface area (Å²) in [5.41, 5.74) is 4.84. The summed E-state index contributed by atoms with van der Waals surface area (Å²) in [4.78, 5) is 23.7. The molecule has 2 fully saturated rings. The van der Waals surface area contributed by atoms with Crippen LogP contribution in [0.5, 0.6) is 0 Å². The molecule has 2 aliphatic rings. The molecule has 4 atom stereocenters. The number of aliphatic carboxylic acids is 1. The average Bonchev–Trinajstić information content (AvgIpc) is 2.84. The van der Waals surface area contributed by atoms with Crippen LogP contribution in [0.1, 0.15) is 40.0 Å². The van der Waals surface area contributed by atoms with Crippen LogP contribution in [0.3, 0.4) is 0 Å². The van der Waals surface area contributed by atoms with Crippen molar-refractivity contribution in [1.82, 2.24) is 5.32 Å². The topological polar surface area (TPSA) is 102 Å². The van der Waals surface area contributed by atoms with Crippen molar-refractivity contribution >= 4 is 11.9 Å². The largest absolute Gasteiger partial charge is 0.480 e. The zero-order chi connectivity index (χ0) is 15.1. The summed E-state index contributed by atoms with van der Waals surface area (Å²) in [6, 6.07) is -0.870. The molecule has 1 aliphatic carbocycles. The van der Waals surface area contributed by atoms with Crippen LogP contribution in [0.4, 0.5) is 0 Å². The molecule has 1 saturated carbocycles. The van der Waals surface area contributed by atoms with Crippen LogP contribution in [0.2, 0.25) is 0 Å². The third kappa shape index (κ3) is 1.93. The van der Waals surface area contributed by atoms with Gasteiger partial charge >= 0.3 is 5.97 Å². The Labute approximate surface area is 119 Å². The number of ether oxygens (including phenoxy) is 1. The maximum absolute atomic E-state index is 12.5. The van der Waals surface area contributed by atoms with E-state index in [9.17, 15) is 9.59 Å². The monoisotopic (exact) mass is 284 g/mol. The van der Waals surface area contributed by atoms with E-state index in [1.807, 2.05) is 20.8 Å². The van der Waals surface area contributed by atoms with E-state index in [4.69, 9.17) is 15.6 Å². The second-order valence-electron chi connectivity index (χ2n) is 6.43. The molecule has 0 aromatic carbocycles. The van der Waals surface area contributed by atoms with Crippen molar-refractivity contribution in [2.45, 2.75) is 57.7 Å². The van der Waals surface area contributed by atoms with Gasteiger partial charge in [-0.2, -0.15) is 0 Å².